The van der Waals surface area contributed by atoms with Crippen molar-refractivity contribution < 1.29 is 9.18 Å². The lowest BCUT2D eigenvalue weighted by Crippen LogP contribution is -2.35. The molecule has 4 rings (SSSR count). The van der Waals surface area contributed by atoms with E-state index >= 15 is 0 Å². The van der Waals surface area contributed by atoms with Crippen molar-refractivity contribution in [1.82, 2.24) is 10.3 Å². The van der Waals surface area contributed by atoms with Crippen LogP contribution in [0.25, 0.3) is 0 Å². The van der Waals surface area contributed by atoms with E-state index in [1.54, 1.807) is 24.3 Å². The zero-order valence-electron chi connectivity index (χ0n) is 15.2. The molecule has 2 N–H and O–H groups in total. The third-order valence-corrected chi connectivity index (χ3v) is 4.94. The maximum absolute atomic E-state index is 13.4. The number of hydrogen-bond donors (Lipinski definition) is 2. The molecule has 29 heavy (non-hydrogen) atoms. The molecule has 1 aliphatic carbocycles. The van der Waals surface area contributed by atoms with Crippen molar-refractivity contribution in [2.45, 2.75) is 18.9 Å². The summed E-state index contributed by atoms with van der Waals surface area (Å²) in [5.74, 6) is -0.370. The van der Waals surface area contributed by atoms with Crippen molar-refractivity contribution in [3.05, 3.63) is 87.8 Å². The molecule has 0 saturated carbocycles. The molecule has 0 bridgehead atoms. The third-order valence-electron chi connectivity index (χ3n) is 4.72. The van der Waals surface area contributed by atoms with Gasteiger partial charge in [-0.25, -0.2) is 9.37 Å². The molecule has 5 nitrogen and oxygen atoms in total. The number of carbonyl (C=O) groups excluding carboxylic acids is 1. The number of halogens is 2. The molecule has 144 valence electrons. The molecule has 0 aliphatic heterocycles. The summed E-state index contributed by atoms with van der Waals surface area (Å²) < 4.78 is 13.4. The van der Waals surface area contributed by atoms with Crippen molar-refractivity contribution in [3.8, 4) is 6.07 Å². The number of carbonyl (C=O) groups is 1. The monoisotopic (exact) mass is 406 g/mol. The van der Waals surface area contributed by atoms with Gasteiger partial charge in [-0.1, -0.05) is 23.7 Å². The Kier molecular flexibility index (Phi) is 5.15. The molecule has 1 aliphatic rings. The Morgan fingerprint density at radius 2 is 1.97 bits per heavy atom. The third kappa shape index (κ3) is 4.36. The van der Waals surface area contributed by atoms with Gasteiger partial charge in [0.2, 0.25) is 0 Å². The molecule has 0 radical (unpaired) electrons. The summed E-state index contributed by atoms with van der Waals surface area (Å²) in [6.45, 7) is 0. The molecule has 7 heteroatoms. The largest absolute Gasteiger partial charge is 0.347 e. The Labute approximate surface area is 172 Å². The van der Waals surface area contributed by atoms with Crippen molar-refractivity contribution in [1.29, 1.82) is 5.26 Å². The lowest BCUT2D eigenvalue weighted by molar-refractivity contribution is 0.0933. The van der Waals surface area contributed by atoms with Crippen LogP contribution < -0.4 is 10.6 Å². The first-order valence-electron chi connectivity index (χ1n) is 9.03. The maximum Gasteiger partial charge on any atom is 0.270 e. The highest BCUT2D eigenvalue weighted by Crippen LogP contribution is 2.24. The fourth-order valence-electron chi connectivity index (χ4n) is 3.44. The van der Waals surface area contributed by atoms with Gasteiger partial charge in [-0.15, -0.1) is 0 Å². The van der Waals surface area contributed by atoms with E-state index in [0.717, 1.165) is 11.1 Å². The average molecular weight is 407 g/mol. The first-order valence-corrected chi connectivity index (χ1v) is 9.41. The number of hydrogen-bond acceptors (Lipinski definition) is 4. The second-order valence-corrected chi connectivity index (χ2v) is 7.30. The SMILES string of the molecule is N#Cc1ccc2c(c1)CC(NC(=O)c1cc(Cl)cc(Nc3cccc(F)c3)n1)C2. The van der Waals surface area contributed by atoms with Gasteiger partial charge in [0, 0.05) is 16.8 Å². The number of fused-ring (bicyclic) bond motifs is 1. The second-order valence-electron chi connectivity index (χ2n) is 6.87. The summed E-state index contributed by atoms with van der Waals surface area (Å²) in [4.78, 5) is 17.0. The molecule has 1 atom stereocenters. The van der Waals surface area contributed by atoms with Gasteiger partial charge >= 0.3 is 0 Å². The molecule has 0 spiro atoms. The minimum atomic E-state index is -0.379. The average Bonchev–Trinajstić information content (AvgIpc) is 3.08. The number of aromatic nitrogens is 1. The van der Waals surface area contributed by atoms with Crippen molar-refractivity contribution >= 4 is 29.0 Å². The fourth-order valence-corrected chi connectivity index (χ4v) is 3.65. The summed E-state index contributed by atoms with van der Waals surface area (Å²) in [6.07, 6.45) is 1.35. The highest BCUT2D eigenvalue weighted by molar-refractivity contribution is 6.31. The molecule has 0 saturated heterocycles. The van der Waals surface area contributed by atoms with Gasteiger partial charge in [0.05, 0.1) is 11.6 Å². The van der Waals surface area contributed by atoms with Crippen LogP contribution in [0.2, 0.25) is 5.02 Å². The highest BCUT2D eigenvalue weighted by atomic mass is 35.5. The standard InChI is InChI=1S/C22H16ClFN4O/c23-16-9-20(28-21(10-16)26-18-3-1-2-17(24)11-18)22(29)27-19-7-14-5-4-13(12-25)6-15(14)8-19/h1-6,9-11,19H,7-8H2,(H,26,28)(H,27,29). The zero-order chi connectivity index (χ0) is 20.4. The molecular formula is C22H16ClFN4O. The number of rotatable bonds is 4. The number of nitrogens with zero attached hydrogens (tertiary/aromatic N) is 2. The van der Waals surface area contributed by atoms with Gasteiger partial charge in [-0.05, 0) is 66.4 Å². The van der Waals surface area contributed by atoms with Crippen LogP contribution in [0.15, 0.2) is 54.6 Å². The van der Waals surface area contributed by atoms with Crippen molar-refractivity contribution in [3.63, 3.8) is 0 Å². The van der Waals surface area contributed by atoms with Crippen LogP contribution in [0.1, 0.15) is 27.2 Å². The van der Waals surface area contributed by atoms with Gasteiger partial charge in [0.15, 0.2) is 0 Å². The Morgan fingerprint density at radius 3 is 2.76 bits per heavy atom. The maximum atomic E-state index is 13.4. The van der Waals surface area contributed by atoms with E-state index < -0.39 is 0 Å². The van der Waals surface area contributed by atoms with Crippen LogP contribution in [0, 0.1) is 17.1 Å². The molecule has 1 aromatic heterocycles. The van der Waals surface area contributed by atoms with Gasteiger partial charge in [-0.3, -0.25) is 4.79 Å². The molecule has 1 unspecified atom stereocenters. The van der Waals surface area contributed by atoms with Crippen LogP contribution in [0.5, 0.6) is 0 Å². The van der Waals surface area contributed by atoms with Gasteiger partial charge in [-0.2, -0.15) is 5.26 Å². The minimum Gasteiger partial charge on any atom is -0.347 e. The lowest BCUT2D eigenvalue weighted by Gasteiger charge is -2.13. The highest BCUT2D eigenvalue weighted by Gasteiger charge is 2.24. The lowest BCUT2D eigenvalue weighted by atomic mass is 10.1. The molecule has 3 aromatic rings. The summed E-state index contributed by atoms with van der Waals surface area (Å²) in [7, 11) is 0. The topological polar surface area (TPSA) is 77.8 Å². The number of nitrogens with one attached hydrogen (secondary N) is 2. The number of nitriles is 1. The molecule has 1 amide bonds. The van der Waals surface area contributed by atoms with E-state index in [4.69, 9.17) is 16.9 Å². The summed E-state index contributed by atoms with van der Waals surface area (Å²) in [6, 6.07) is 16.6. The Bertz CT molecular complexity index is 1140. The van der Waals surface area contributed by atoms with Crippen LogP contribution in [0.4, 0.5) is 15.9 Å². The predicted octanol–water partition coefficient (Wildman–Crippen LogP) is 4.39. The normalized spacial score (nSPS) is 14.7. The summed E-state index contributed by atoms with van der Waals surface area (Å²) >= 11 is 6.15. The van der Waals surface area contributed by atoms with Crippen LogP contribution >= 0.6 is 11.6 Å². The summed E-state index contributed by atoms with van der Waals surface area (Å²) in [5.41, 5.74) is 3.49. The van der Waals surface area contributed by atoms with Crippen molar-refractivity contribution in [2.24, 2.45) is 0 Å². The number of pyridine rings is 1. The van der Waals surface area contributed by atoms with E-state index in [9.17, 15) is 9.18 Å². The van der Waals surface area contributed by atoms with E-state index in [0.29, 0.717) is 34.9 Å². The van der Waals surface area contributed by atoms with Gasteiger partial charge in [0.1, 0.15) is 17.3 Å². The second kappa shape index (κ2) is 7.90. The van der Waals surface area contributed by atoms with Gasteiger partial charge in [0.25, 0.3) is 5.91 Å². The Hall–Kier alpha value is -3.43. The summed E-state index contributed by atoms with van der Waals surface area (Å²) in [5, 5.41) is 15.3. The first-order chi connectivity index (χ1) is 14.0. The number of amides is 1. The smallest absolute Gasteiger partial charge is 0.270 e. The van der Waals surface area contributed by atoms with Gasteiger partial charge < -0.3 is 10.6 Å². The zero-order valence-corrected chi connectivity index (χ0v) is 16.0. The number of anilines is 2. The van der Waals surface area contributed by atoms with E-state index in [1.165, 1.54) is 18.2 Å². The van der Waals surface area contributed by atoms with E-state index in [2.05, 4.69) is 21.7 Å². The van der Waals surface area contributed by atoms with Crippen LogP contribution in [-0.4, -0.2) is 16.9 Å². The molecule has 0 fully saturated rings. The fraction of sp³-hybridized carbons (Fsp3) is 0.136. The first kappa shape index (κ1) is 18.9. The minimum absolute atomic E-state index is 0.0770. The molecule has 1 heterocycles. The predicted molar refractivity (Wildman–Crippen MR) is 109 cm³/mol. The molecule has 2 aromatic carbocycles. The van der Waals surface area contributed by atoms with Crippen LogP contribution in [0.3, 0.4) is 0 Å². The number of benzene rings is 2. The van der Waals surface area contributed by atoms with E-state index in [1.807, 2.05) is 12.1 Å². The quantitative estimate of drug-likeness (QED) is 0.673. The van der Waals surface area contributed by atoms with Crippen LogP contribution in [-0.2, 0) is 12.8 Å². The Morgan fingerprint density at radius 1 is 1.14 bits per heavy atom. The van der Waals surface area contributed by atoms with E-state index in [-0.39, 0.29) is 23.5 Å². The van der Waals surface area contributed by atoms with Crippen molar-refractivity contribution in [2.75, 3.05) is 5.32 Å². The Balaban J connectivity index is 1.48. The molecular weight excluding hydrogens is 391 g/mol.